The molecule has 0 spiro atoms. The van der Waals surface area contributed by atoms with Crippen molar-refractivity contribution in [1.29, 1.82) is 0 Å². The average molecular weight is 462 g/mol. The van der Waals surface area contributed by atoms with E-state index in [1.54, 1.807) is 15.9 Å². The number of morpholine rings is 1. The molecule has 2 atom stereocenters. The zero-order chi connectivity index (χ0) is 23.8. The highest BCUT2D eigenvalue weighted by Crippen LogP contribution is 2.32. The van der Waals surface area contributed by atoms with Gasteiger partial charge in [0.15, 0.2) is 0 Å². The van der Waals surface area contributed by atoms with Crippen LogP contribution in [0.25, 0.3) is 0 Å². The first kappa shape index (κ1) is 24.0. The van der Waals surface area contributed by atoms with Gasteiger partial charge in [0.25, 0.3) is 5.91 Å². The highest BCUT2D eigenvalue weighted by Gasteiger charge is 2.38. The Labute approximate surface area is 195 Å². The van der Waals surface area contributed by atoms with Crippen LogP contribution in [-0.4, -0.2) is 78.4 Å². The molecule has 1 aromatic carbocycles. The quantitative estimate of drug-likeness (QED) is 0.674. The van der Waals surface area contributed by atoms with Crippen LogP contribution >= 0.6 is 0 Å². The summed E-state index contributed by atoms with van der Waals surface area (Å²) in [5.74, 6) is -0.320. The maximum atomic E-state index is 13.7. The maximum Gasteiger partial charge on any atom is 0.410 e. The minimum absolute atomic E-state index is 0.0477. The number of nitrogens with zero attached hydrogens (tertiary/aromatic N) is 3. The van der Waals surface area contributed by atoms with Crippen molar-refractivity contribution in [3.63, 3.8) is 0 Å². The molecule has 1 aromatic rings. The summed E-state index contributed by atoms with van der Waals surface area (Å²) >= 11 is 0. The fourth-order valence-electron chi connectivity index (χ4n) is 5.10. The first-order chi connectivity index (χ1) is 15.6. The number of amides is 2. The zero-order valence-corrected chi connectivity index (χ0v) is 20.2. The summed E-state index contributed by atoms with van der Waals surface area (Å²) in [6.07, 6.45) is 2.48. The lowest BCUT2D eigenvalue weighted by Gasteiger charge is -2.43. The Bertz CT molecular complexity index is 879. The number of hydrogen-bond acceptors (Lipinski definition) is 5. The molecule has 3 heterocycles. The molecule has 2 unspecified atom stereocenters. The number of carbonyl (C=O) groups excluding carboxylic acids is 2. The van der Waals surface area contributed by atoms with Crippen molar-refractivity contribution in [2.45, 2.75) is 77.2 Å². The number of aryl methyl sites for hydroxylation is 1. The maximum absolute atomic E-state index is 13.7. The van der Waals surface area contributed by atoms with E-state index in [0.717, 1.165) is 43.5 Å². The van der Waals surface area contributed by atoms with Crippen molar-refractivity contribution in [3.05, 3.63) is 29.6 Å². The highest BCUT2D eigenvalue weighted by molar-refractivity contribution is 5.98. The van der Waals surface area contributed by atoms with Crippen molar-refractivity contribution in [1.82, 2.24) is 9.80 Å². The normalized spacial score (nSPS) is 25.0. The van der Waals surface area contributed by atoms with E-state index in [4.69, 9.17) is 9.47 Å². The molecule has 4 rings (SSSR count). The number of likely N-dealkylation sites (tertiary alicyclic amines) is 1. The lowest BCUT2D eigenvalue weighted by Crippen LogP contribution is -2.57. The van der Waals surface area contributed by atoms with Crippen LogP contribution in [0.5, 0.6) is 0 Å². The molecular formula is C25H36FN3O4. The van der Waals surface area contributed by atoms with Gasteiger partial charge in [-0.1, -0.05) is 0 Å². The molecule has 0 bridgehead atoms. The van der Waals surface area contributed by atoms with Crippen molar-refractivity contribution < 1.29 is 23.5 Å². The van der Waals surface area contributed by atoms with Gasteiger partial charge < -0.3 is 19.3 Å². The van der Waals surface area contributed by atoms with E-state index in [2.05, 4.69) is 4.90 Å². The van der Waals surface area contributed by atoms with Gasteiger partial charge in [-0.3, -0.25) is 9.69 Å². The number of ether oxygens (including phenoxy) is 2. The smallest absolute Gasteiger partial charge is 0.410 e. The third kappa shape index (κ3) is 5.49. The van der Waals surface area contributed by atoms with Crippen LogP contribution in [0.3, 0.4) is 0 Å². The van der Waals surface area contributed by atoms with Gasteiger partial charge in [-0.05, 0) is 77.1 Å². The van der Waals surface area contributed by atoms with Crippen LogP contribution in [0, 0.1) is 5.82 Å². The van der Waals surface area contributed by atoms with Crippen LogP contribution in [0.15, 0.2) is 18.2 Å². The monoisotopic (exact) mass is 461 g/mol. The Hall–Kier alpha value is -2.19. The molecule has 8 heteroatoms. The second kappa shape index (κ2) is 9.58. The number of piperidine rings is 1. The SMILES string of the molecule is CC1CCc2cc(F)ccc2N1C(=O)C1CN(C2CCN(C(=O)OC(C)(C)C)CC2)CCO1. The number of carbonyl (C=O) groups is 2. The molecule has 3 aliphatic heterocycles. The van der Waals surface area contributed by atoms with E-state index < -0.39 is 11.7 Å². The standard InChI is InChI=1S/C25H36FN3O4/c1-17-5-6-18-15-19(26)7-8-21(18)29(17)23(30)22-16-28(13-14-32-22)20-9-11-27(12-10-20)24(31)33-25(2,3)4/h7-8,15,17,20,22H,5-6,9-14,16H2,1-4H3. The average Bonchev–Trinajstić information content (AvgIpc) is 2.78. The summed E-state index contributed by atoms with van der Waals surface area (Å²) in [5, 5.41) is 0. The molecule has 0 radical (unpaired) electrons. The van der Waals surface area contributed by atoms with Gasteiger partial charge in [-0.2, -0.15) is 0 Å². The number of fused-ring (bicyclic) bond motifs is 1. The molecule has 2 amide bonds. The van der Waals surface area contributed by atoms with E-state index in [-0.39, 0.29) is 23.9 Å². The Balaban J connectivity index is 1.38. The minimum atomic E-state index is -0.541. The van der Waals surface area contributed by atoms with Gasteiger partial charge in [-0.15, -0.1) is 0 Å². The molecule has 2 saturated heterocycles. The molecule has 182 valence electrons. The van der Waals surface area contributed by atoms with Crippen molar-refractivity contribution in [2.24, 2.45) is 0 Å². The van der Waals surface area contributed by atoms with E-state index in [1.165, 1.54) is 12.1 Å². The second-order valence-electron chi connectivity index (χ2n) is 10.4. The van der Waals surface area contributed by atoms with Crippen molar-refractivity contribution >= 4 is 17.7 Å². The lowest BCUT2D eigenvalue weighted by atomic mass is 9.95. The minimum Gasteiger partial charge on any atom is -0.444 e. The lowest BCUT2D eigenvalue weighted by molar-refractivity contribution is -0.138. The summed E-state index contributed by atoms with van der Waals surface area (Å²) in [4.78, 5) is 31.8. The zero-order valence-electron chi connectivity index (χ0n) is 20.2. The number of anilines is 1. The van der Waals surface area contributed by atoms with Gasteiger partial charge in [0.1, 0.15) is 17.5 Å². The van der Waals surface area contributed by atoms with Crippen LogP contribution in [0.4, 0.5) is 14.9 Å². The first-order valence-electron chi connectivity index (χ1n) is 12.1. The number of benzene rings is 1. The van der Waals surface area contributed by atoms with Crippen LogP contribution in [0.2, 0.25) is 0 Å². The van der Waals surface area contributed by atoms with E-state index in [1.807, 2.05) is 27.7 Å². The first-order valence-corrected chi connectivity index (χ1v) is 12.1. The van der Waals surface area contributed by atoms with Crippen LogP contribution in [0.1, 0.15) is 52.5 Å². The summed E-state index contributed by atoms with van der Waals surface area (Å²) in [6.45, 7) is 10.8. The third-order valence-electron chi connectivity index (χ3n) is 6.82. The summed E-state index contributed by atoms with van der Waals surface area (Å²) in [5.41, 5.74) is 1.18. The number of rotatable bonds is 2. The van der Waals surface area contributed by atoms with Crippen LogP contribution in [-0.2, 0) is 20.7 Å². The van der Waals surface area contributed by atoms with Gasteiger partial charge in [0.05, 0.1) is 6.61 Å². The van der Waals surface area contributed by atoms with Gasteiger partial charge in [0.2, 0.25) is 0 Å². The molecule has 33 heavy (non-hydrogen) atoms. The summed E-state index contributed by atoms with van der Waals surface area (Å²) in [7, 11) is 0. The van der Waals surface area contributed by atoms with E-state index >= 15 is 0 Å². The van der Waals surface area contributed by atoms with Crippen molar-refractivity contribution in [3.8, 4) is 0 Å². The molecule has 0 aromatic heterocycles. The predicted molar refractivity (Wildman–Crippen MR) is 124 cm³/mol. The molecule has 0 saturated carbocycles. The molecule has 0 aliphatic carbocycles. The largest absolute Gasteiger partial charge is 0.444 e. The van der Waals surface area contributed by atoms with E-state index in [0.29, 0.717) is 32.3 Å². The molecular weight excluding hydrogens is 425 g/mol. The van der Waals surface area contributed by atoms with Crippen molar-refractivity contribution in [2.75, 3.05) is 37.7 Å². The second-order valence-corrected chi connectivity index (χ2v) is 10.4. The van der Waals surface area contributed by atoms with Gasteiger partial charge in [0, 0.05) is 44.0 Å². The Morgan fingerprint density at radius 2 is 1.85 bits per heavy atom. The fraction of sp³-hybridized carbons (Fsp3) is 0.680. The number of halogens is 1. The topological polar surface area (TPSA) is 62.3 Å². The Morgan fingerprint density at radius 3 is 2.55 bits per heavy atom. The third-order valence-corrected chi connectivity index (χ3v) is 6.82. The molecule has 3 aliphatic rings. The summed E-state index contributed by atoms with van der Waals surface area (Å²) in [6, 6.07) is 5.03. The predicted octanol–water partition coefficient (Wildman–Crippen LogP) is 3.59. The fourth-order valence-corrected chi connectivity index (χ4v) is 5.10. The van der Waals surface area contributed by atoms with Gasteiger partial charge in [-0.25, -0.2) is 9.18 Å². The Kier molecular flexibility index (Phi) is 6.96. The van der Waals surface area contributed by atoms with Crippen LogP contribution < -0.4 is 4.90 Å². The molecule has 7 nitrogen and oxygen atoms in total. The summed E-state index contributed by atoms with van der Waals surface area (Å²) < 4.78 is 25.1. The van der Waals surface area contributed by atoms with Gasteiger partial charge >= 0.3 is 6.09 Å². The number of hydrogen-bond donors (Lipinski definition) is 0. The molecule has 2 fully saturated rings. The Morgan fingerprint density at radius 1 is 1.12 bits per heavy atom. The molecule has 0 N–H and O–H groups in total. The van der Waals surface area contributed by atoms with E-state index in [9.17, 15) is 14.0 Å². The highest BCUT2D eigenvalue weighted by atomic mass is 19.1.